The molecule has 0 unspecified atom stereocenters. The Morgan fingerprint density at radius 1 is 1.20 bits per heavy atom. The SMILES string of the molecule is CC(=O)O[C@@H]1[C@@H]([C@H](C)O[Si](C)(C)C(C)(C)C)C(=O)N1c1ccccc1. The lowest BCUT2D eigenvalue weighted by atomic mass is 9.89. The molecule has 1 heterocycles. The first kappa shape index (κ1) is 19.7. The second-order valence-electron chi connectivity index (χ2n) is 8.15. The maximum absolute atomic E-state index is 12.8. The zero-order valence-corrected chi connectivity index (χ0v) is 17.2. The Bertz CT molecular complexity index is 639. The quantitative estimate of drug-likeness (QED) is 0.451. The number of benzene rings is 1. The van der Waals surface area contributed by atoms with E-state index in [1.165, 1.54) is 11.8 Å². The third-order valence-corrected chi connectivity index (χ3v) is 9.77. The molecule has 0 aliphatic carbocycles. The molecular formula is C19H29NO4Si. The van der Waals surface area contributed by atoms with Crippen LogP contribution in [0.3, 0.4) is 0 Å². The Morgan fingerprint density at radius 3 is 2.24 bits per heavy atom. The molecule has 6 heteroatoms. The number of amides is 1. The van der Waals surface area contributed by atoms with Gasteiger partial charge in [0.15, 0.2) is 14.5 Å². The molecule has 0 saturated carbocycles. The average Bonchev–Trinajstić information content (AvgIpc) is 2.45. The van der Waals surface area contributed by atoms with E-state index in [0.717, 1.165) is 5.69 Å². The summed E-state index contributed by atoms with van der Waals surface area (Å²) in [6.07, 6.45) is -0.926. The molecule has 1 saturated heterocycles. The van der Waals surface area contributed by atoms with Crippen LogP contribution in [-0.2, 0) is 18.8 Å². The van der Waals surface area contributed by atoms with Crippen LogP contribution in [0.2, 0.25) is 18.1 Å². The van der Waals surface area contributed by atoms with Crippen LogP contribution in [0, 0.1) is 5.92 Å². The molecule has 0 N–H and O–H groups in total. The largest absolute Gasteiger partial charge is 0.440 e. The van der Waals surface area contributed by atoms with Gasteiger partial charge in [0.05, 0.1) is 6.10 Å². The van der Waals surface area contributed by atoms with Crippen molar-refractivity contribution >= 4 is 25.9 Å². The fourth-order valence-electron chi connectivity index (χ4n) is 2.79. The molecule has 1 aromatic carbocycles. The van der Waals surface area contributed by atoms with Gasteiger partial charge in [0.2, 0.25) is 5.91 Å². The summed E-state index contributed by atoms with van der Waals surface area (Å²) in [5.41, 5.74) is 0.731. The molecular weight excluding hydrogens is 334 g/mol. The van der Waals surface area contributed by atoms with Gasteiger partial charge in [-0.2, -0.15) is 0 Å². The number of esters is 1. The highest BCUT2D eigenvalue weighted by molar-refractivity contribution is 6.74. The van der Waals surface area contributed by atoms with Crippen LogP contribution < -0.4 is 4.90 Å². The molecule has 0 radical (unpaired) electrons. The van der Waals surface area contributed by atoms with Gasteiger partial charge in [-0.15, -0.1) is 0 Å². The summed E-state index contributed by atoms with van der Waals surface area (Å²) in [7, 11) is -2.02. The third kappa shape index (κ3) is 3.95. The molecule has 1 aromatic rings. The number of rotatable bonds is 5. The van der Waals surface area contributed by atoms with Gasteiger partial charge < -0.3 is 9.16 Å². The van der Waals surface area contributed by atoms with Crippen LogP contribution in [0.5, 0.6) is 0 Å². The summed E-state index contributed by atoms with van der Waals surface area (Å²) in [5, 5.41) is 0.0457. The molecule has 25 heavy (non-hydrogen) atoms. The first-order valence-electron chi connectivity index (χ1n) is 8.69. The maximum atomic E-state index is 12.8. The summed E-state index contributed by atoms with van der Waals surface area (Å²) in [5.74, 6) is -0.940. The first-order valence-corrected chi connectivity index (χ1v) is 11.6. The number of nitrogens with zero attached hydrogens (tertiary/aromatic N) is 1. The predicted octanol–water partition coefficient (Wildman–Crippen LogP) is 3.95. The number of carbonyl (C=O) groups is 2. The molecule has 0 spiro atoms. The Kier molecular flexibility index (Phi) is 5.44. The van der Waals surface area contributed by atoms with Crippen LogP contribution >= 0.6 is 0 Å². The van der Waals surface area contributed by atoms with Crippen molar-refractivity contribution in [2.45, 2.75) is 65.1 Å². The number of anilines is 1. The number of hydrogen-bond donors (Lipinski definition) is 0. The minimum absolute atomic E-state index is 0.0457. The van der Waals surface area contributed by atoms with Gasteiger partial charge in [-0.1, -0.05) is 39.0 Å². The lowest BCUT2D eigenvalue weighted by Crippen LogP contribution is -2.67. The van der Waals surface area contributed by atoms with Gasteiger partial charge in [0.1, 0.15) is 5.92 Å². The molecule has 5 nitrogen and oxygen atoms in total. The topological polar surface area (TPSA) is 55.8 Å². The molecule has 0 bridgehead atoms. The van der Waals surface area contributed by atoms with Crippen molar-refractivity contribution in [2.75, 3.05) is 4.90 Å². The highest BCUT2D eigenvalue weighted by Crippen LogP contribution is 2.41. The summed E-state index contributed by atoms with van der Waals surface area (Å²) in [6.45, 7) is 14.1. The van der Waals surface area contributed by atoms with E-state index in [9.17, 15) is 9.59 Å². The summed E-state index contributed by atoms with van der Waals surface area (Å²) >= 11 is 0. The summed E-state index contributed by atoms with van der Waals surface area (Å²) in [6, 6.07) is 9.27. The molecule has 1 amide bonds. The van der Waals surface area contributed by atoms with Crippen molar-refractivity contribution in [1.29, 1.82) is 0 Å². The monoisotopic (exact) mass is 363 g/mol. The lowest BCUT2D eigenvalue weighted by molar-refractivity contribution is -0.165. The Balaban J connectivity index is 2.22. The molecule has 0 aromatic heterocycles. The normalized spacial score (nSPS) is 22.4. The van der Waals surface area contributed by atoms with E-state index in [1.807, 2.05) is 37.3 Å². The number of ether oxygens (including phenoxy) is 1. The fraction of sp³-hybridized carbons (Fsp3) is 0.579. The van der Waals surface area contributed by atoms with E-state index in [-0.39, 0.29) is 17.0 Å². The molecule has 1 fully saturated rings. The molecule has 1 aliphatic rings. The van der Waals surface area contributed by atoms with Crippen LogP contribution in [-0.4, -0.2) is 32.5 Å². The van der Waals surface area contributed by atoms with Crippen molar-refractivity contribution in [3.8, 4) is 0 Å². The Hall–Kier alpha value is -1.66. The Morgan fingerprint density at radius 2 is 1.76 bits per heavy atom. The Labute approximate surface area is 151 Å². The van der Waals surface area contributed by atoms with Crippen molar-refractivity contribution in [3.05, 3.63) is 30.3 Å². The number of β-lactam (4-membered cyclic amide) rings is 1. The van der Waals surface area contributed by atoms with Crippen molar-refractivity contribution in [2.24, 2.45) is 5.92 Å². The van der Waals surface area contributed by atoms with Gasteiger partial charge in [-0.3, -0.25) is 14.5 Å². The minimum Gasteiger partial charge on any atom is -0.440 e. The first-order chi connectivity index (χ1) is 11.5. The van der Waals surface area contributed by atoms with E-state index in [2.05, 4.69) is 33.9 Å². The summed E-state index contributed by atoms with van der Waals surface area (Å²) < 4.78 is 11.8. The van der Waals surface area contributed by atoms with E-state index in [4.69, 9.17) is 9.16 Å². The van der Waals surface area contributed by atoms with Crippen molar-refractivity contribution in [1.82, 2.24) is 0 Å². The number of hydrogen-bond acceptors (Lipinski definition) is 4. The maximum Gasteiger partial charge on any atom is 0.304 e. The van der Waals surface area contributed by atoms with Gasteiger partial charge in [-0.25, -0.2) is 0 Å². The third-order valence-electron chi connectivity index (χ3n) is 5.20. The predicted molar refractivity (Wildman–Crippen MR) is 101 cm³/mol. The second kappa shape index (κ2) is 6.92. The van der Waals surface area contributed by atoms with Crippen LogP contribution in [0.25, 0.3) is 0 Å². The number of para-hydroxylation sites is 1. The zero-order chi connectivity index (χ0) is 19.0. The zero-order valence-electron chi connectivity index (χ0n) is 16.2. The van der Waals surface area contributed by atoms with E-state index < -0.39 is 26.4 Å². The lowest BCUT2D eigenvalue weighted by Gasteiger charge is -2.49. The van der Waals surface area contributed by atoms with Gasteiger partial charge in [0.25, 0.3) is 0 Å². The van der Waals surface area contributed by atoms with E-state index in [1.54, 1.807) is 0 Å². The molecule has 1 aliphatic heterocycles. The number of carbonyl (C=O) groups excluding carboxylic acids is 2. The van der Waals surface area contributed by atoms with E-state index >= 15 is 0 Å². The molecule has 138 valence electrons. The van der Waals surface area contributed by atoms with Gasteiger partial charge >= 0.3 is 5.97 Å². The van der Waals surface area contributed by atoms with Crippen molar-refractivity contribution < 1.29 is 18.8 Å². The van der Waals surface area contributed by atoms with Gasteiger partial charge in [0, 0.05) is 12.6 Å². The van der Waals surface area contributed by atoms with Gasteiger partial charge in [-0.05, 0) is 37.2 Å². The average molecular weight is 364 g/mol. The minimum atomic E-state index is -2.02. The summed E-state index contributed by atoms with van der Waals surface area (Å²) in [4.78, 5) is 25.9. The molecule has 3 atom stereocenters. The second-order valence-corrected chi connectivity index (χ2v) is 12.9. The van der Waals surface area contributed by atoms with Crippen molar-refractivity contribution in [3.63, 3.8) is 0 Å². The highest BCUT2D eigenvalue weighted by Gasteiger charge is 2.55. The van der Waals surface area contributed by atoms with Crippen LogP contribution in [0.1, 0.15) is 34.6 Å². The van der Waals surface area contributed by atoms with Crippen LogP contribution in [0.4, 0.5) is 5.69 Å². The fourth-order valence-corrected chi connectivity index (χ4v) is 4.22. The molecule has 2 rings (SSSR count). The smallest absolute Gasteiger partial charge is 0.304 e. The van der Waals surface area contributed by atoms with Crippen LogP contribution in [0.15, 0.2) is 30.3 Å². The van der Waals surface area contributed by atoms with E-state index in [0.29, 0.717) is 0 Å². The highest BCUT2D eigenvalue weighted by atomic mass is 28.4. The standard InChI is InChI=1S/C19H29NO4Si/c1-13(24-25(6,7)19(3,4)5)16-17(22)20(18(16)23-14(2)21)15-11-9-8-10-12-15/h8-13,16,18H,1-7H3/t13-,16-,18+/m0/s1.